The Morgan fingerprint density at radius 1 is 1.03 bits per heavy atom. The van der Waals surface area contributed by atoms with E-state index in [2.05, 4.69) is 5.32 Å². The standard InChI is InChI=1S/C23H21Cl2FN2O/c1-16-6-8-17(9-7-16)15-28(13-12-18-10-11-19(24)14-20(18)25)23(29)27-22-5-3-2-4-21(22)26/h2-11,14H,12-13,15H2,1H3,(H,27,29). The van der Waals surface area contributed by atoms with Crippen molar-refractivity contribution in [2.75, 3.05) is 11.9 Å². The molecule has 0 spiro atoms. The van der Waals surface area contributed by atoms with E-state index in [1.54, 1.807) is 29.2 Å². The van der Waals surface area contributed by atoms with Crippen LogP contribution in [0, 0.1) is 12.7 Å². The minimum atomic E-state index is -0.475. The number of nitrogens with zero attached hydrogens (tertiary/aromatic N) is 1. The fourth-order valence-corrected chi connectivity index (χ4v) is 3.41. The highest BCUT2D eigenvalue weighted by Gasteiger charge is 2.16. The number of nitrogens with one attached hydrogen (secondary N) is 1. The molecule has 0 fully saturated rings. The summed E-state index contributed by atoms with van der Waals surface area (Å²) >= 11 is 12.2. The van der Waals surface area contributed by atoms with Gasteiger partial charge in [0, 0.05) is 23.1 Å². The number of amides is 2. The summed E-state index contributed by atoms with van der Waals surface area (Å²) < 4.78 is 14.0. The maximum atomic E-state index is 14.0. The first kappa shape index (κ1) is 21.2. The molecule has 0 aliphatic heterocycles. The number of hydrogen-bond donors (Lipinski definition) is 1. The van der Waals surface area contributed by atoms with E-state index in [1.165, 1.54) is 12.1 Å². The van der Waals surface area contributed by atoms with Crippen LogP contribution < -0.4 is 5.32 Å². The van der Waals surface area contributed by atoms with Crippen molar-refractivity contribution in [3.63, 3.8) is 0 Å². The van der Waals surface area contributed by atoms with Crippen molar-refractivity contribution in [2.45, 2.75) is 19.9 Å². The first-order valence-corrected chi connectivity index (χ1v) is 9.98. The minimum absolute atomic E-state index is 0.149. The maximum Gasteiger partial charge on any atom is 0.322 e. The third-order valence-electron chi connectivity index (χ3n) is 4.56. The Balaban J connectivity index is 1.77. The Morgan fingerprint density at radius 3 is 2.45 bits per heavy atom. The molecule has 3 aromatic rings. The van der Waals surface area contributed by atoms with Gasteiger partial charge >= 0.3 is 6.03 Å². The maximum absolute atomic E-state index is 14.0. The summed E-state index contributed by atoms with van der Waals surface area (Å²) in [5, 5.41) is 3.78. The third-order valence-corrected chi connectivity index (χ3v) is 5.15. The molecule has 0 atom stereocenters. The van der Waals surface area contributed by atoms with E-state index in [0.717, 1.165) is 16.7 Å². The normalized spacial score (nSPS) is 10.6. The zero-order chi connectivity index (χ0) is 20.8. The lowest BCUT2D eigenvalue weighted by atomic mass is 10.1. The van der Waals surface area contributed by atoms with Gasteiger partial charge in [-0.05, 0) is 48.7 Å². The second-order valence-corrected chi connectivity index (χ2v) is 7.65. The molecule has 0 radical (unpaired) electrons. The van der Waals surface area contributed by atoms with Crippen molar-refractivity contribution in [3.8, 4) is 0 Å². The molecular formula is C23H21Cl2FN2O. The molecule has 2 amide bonds. The molecule has 0 bridgehead atoms. The van der Waals surface area contributed by atoms with E-state index in [-0.39, 0.29) is 11.7 Å². The number of carbonyl (C=O) groups excluding carboxylic acids is 1. The number of benzene rings is 3. The number of halogens is 3. The number of rotatable bonds is 6. The summed E-state index contributed by atoms with van der Waals surface area (Å²) in [6.45, 7) is 2.82. The summed E-state index contributed by atoms with van der Waals surface area (Å²) in [7, 11) is 0. The molecule has 150 valence electrons. The summed E-state index contributed by atoms with van der Waals surface area (Å²) in [5.41, 5.74) is 3.17. The molecule has 0 aliphatic rings. The third kappa shape index (κ3) is 5.96. The van der Waals surface area contributed by atoms with Crippen molar-refractivity contribution in [1.29, 1.82) is 0 Å². The van der Waals surface area contributed by atoms with Crippen LogP contribution in [0.3, 0.4) is 0 Å². The zero-order valence-corrected chi connectivity index (χ0v) is 17.5. The molecule has 0 saturated carbocycles. The summed E-state index contributed by atoms with van der Waals surface area (Å²) in [6.07, 6.45) is 0.548. The SMILES string of the molecule is Cc1ccc(CN(CCc2ccc(Cl)cc2Cl)C(=O)Nc2ccccc2F)cc1. The van der Waals surface area contributed by atoms with E-state index in [4.69, 9.17) is 23.2 Å². The van der Waals surface area contributed by atoms with Gasteiger partial charge in [-0.2, -0.15) is 0 Å². The van der Waals surface area contributed by atoms with Gasteiger partial charge in [0.25, 0.3) is 0 Å². The molecule has 6 heteroatoms. The highest BCUT2D eigenvalue weighted by atomic mass is 35.5. The largest absolute Gasteiger partial charge is 0.322 e. The molecule has 3 aromatic carbocycles. The topological polar surface area (TPSA) is 32.3 Å². The Kier molecular flexibility index (Phi) is 7.13. The lowest BCUT2D eigenvalue weighted by molar-refractivity contribution is 0.209. The highest BCUT2D eigenvalue weighted by molar-refractivity contribution is 6.35. The molecule has 0 saturated heterocycles. The Hall–Kier alpha value is -2.56. The van der Waals surface area contributed by atoms with Gasteiger partial charge in [0.05, 0.1) is 5.69 Å². The van der Waals surface area contributed by atoms with Crippen LogP contribution in [0.2, 0.25) is 10.0 Å². The molecule has 3 nitrogen and oxygen atoms in total. The van der Waals surface area contributed by atoms with E-state index in [0.29, 0.717) is 29.6 Å². The second-order valence-electron chi connectivity index (χ2n) is 6.80. The molecule has 3 rings (SSSR count). The number of hydrogen-bond acceptors (Lipinski definition) is 1. The Morgan fingerprint density at radius 2 is 1.76 bits per heavy atom. The smallest absolute Gasteiger partial charge is 0.320 e. The van der Waals surface area contributed by atoms with Gasteiger partial charge in [0.1, 0.15) is 5.82 Å². The first-order valence-electron chi connectivity index (χ1n) is 9.22. The number of carbonyl (C=O) groups is 1. The lowest BCUT2D eigenvalue weighted by Crippen LogP contribution is -2.36. The molecule has 1 N–H and O–H groups in total. The van der Waals surface area contributed by atoms with Crippen LogP contribution in [0.25, 0.3) is 0 Å². The van der Waals surface area contributed by atoms with Crippen LogP contribution >= 0.6 is 23.2 Å². The molecule has 0 heterocycles. The average Bonchev–Trinajstić information content (AvgIpc) is 2.69. The highest BCUT2D eigenvalue weighted by Crippen LogP contribution is 2.22. The fraction of sp³-hybridized carbons (Fsp3) is 0.174. The predicted molar refractivity (Wildman–Crippen MR) is 117 cm³/mol. The fourth-order valence-electron chi connectivity index (χ4n) is 2.90. The van der Waals surface area contributed by atoms with Crippen molar-refractivity contribution in [2.24, 2.45) is 0 Å². The molecular weight excluding hydrogens is 410 g/mol. The van der Waals surface area contributed by atoms with E-state index in [1.807, 2.05) is 37.3 Å². The van der Waals surface area contributed by atoms with Crippen LogP contribution in [0.4, 0.5) is 14.9 Å². The zero-order valence-electron chi connectivity index (χ0n) is 16.0. The molecule has 0 aromatic heterocycles. The van der Waals surface area contributed by atoms with Gasteiger partial charge in [-0.15, -0.1) is 0 Å². The number of para-hydroxylation sites is 1. The average molecular weight is 431 g/mol. The van der Waals surface area contributed by atoms with Gasteiger partial charge in [-0.3, -0.25) is 0 Å². The van der Waals surface area contributed by atoms with Crippen LogP contribution in [0.1, 0.15) is 16.7 Å². The second kappa shape index (κ2) is 9.77. The van der Waals surface area contributed by atoms with E-state index in [9.17, 15) is 9.18 Å². The molecule has 0 unspecified atom stereocenters. The quantitative estimate of drug-likeness (QED) is 0.462. The minimum Gasteiger partial charge on any atom is -0.320 e. The number of urea groups is 1. The van der Waals surface area contributed by atoms with Gasteiger partial charge in [-0.25, -0.2) is 9.18 Å². The van der Waals surface area contributed by atoms with Crippen molar-refractivity contribution in [3.05, 3.63) is 99.3 Å². The van der Waals surface area contributed by atoms with Crippen molar-refractivity contribution < 1.29 is 9.18 Å². The van der Waals surface area contributed by atoms with Crippen LogP contribution in [-0.4, -0.2) is 17.5 Å². The van der Waals surface area contributed by atoms with Crippen LogP contribution in [-0.2, 0) is 13.0 Å². The number of anilines is 1. The van der Waals surface area contributed by atoms with Gasteiger partial charge < -0.3 is 10.2 Å². The monoisotopic (exact) mass is 430 g/mol. The first-order chi connectivity index (χ1) is 13.9. The Bertz CT molecular complexity index is 992. The van der Waals surface area contributed by atoms with Crippen molar-refractivity contribution in [1.82, 2.24) is 4.90 Å². The summed E-state index contributed by atoms with van der Waals surface area (Å²) in [4.78, 5) is 14.5. The molecule has 29 heavy (non-hydrogen) atoms. The van der Waals surface area contributed by atoms with E-state index < -0.39 is 5.82 Å². The lowest BCUT2D eigenvalue weighted by Gasteiger charge is -2.24. The van der Waals surface area contributed by atoms with Gasteiger partial charge in [0.2, 0.25) is 0 Å². The number of aryl methyl sites for hydroxylation is 1. The molecule has 0 aliphatic carbocycles. The van der Waals surface area contributed by atoms with Crippen LogP contribution in [0.15, 0.2) is 66.7 Å². The van der Waals surface area contributed by atoms with Crippen molar-refractivity contribution >= 4 is 34.9 Å². The summed E-state index contributed by atoms with van der Waals surface area (Å²) in [6, 6.07) is 19.0. The van der Waals surface area contributed by atoms with Gasteiger partial charge in [0.15, 0.2) is 0 Å². The van der Waals surface area contributed by atoms with E-state index >= 15 is 0 Å². The van der Waals surface area contributed by atoms with Crippen LogP contribution in [0.5, 0.6) is 0 Å². The summed E-state index contributed by atoms with van der Waals surface area (Å²) in [5.74, 6) is -0.475. The predicted octanol–water partition coefficient (Wildman–Crippen LogP) is 6.72. The Labute approximate surface area is 180 Å². The van der Waals surface area contributed by atoms with Gasteiger partial charge in [-0.1, -0.05) is 71.2 Å².